The smallest absolute Gasteiger partial charge is 0.147 e. The Labute approximate surface area is 236 Å². The van der Waals surface area contributed by atoms with Crippen LogP contribution in [0.15, 0.2) is 119 Å². The Hall–Kier alpha value is -1.96. The van der Waals surface area contributed by atoms with Crippen LogP contribution >= 0.6 is 24.8 Å². The maximum atomic E-state index is 2.48. The van der Waals surface area contributed by atoms with Gasteiger partial charge in [-0.05, 0) is 0 Å². The normalized spacial score (nSPS) is 13.9. The minimum Gasteiger partial charge on any atom is -0.147 e. The summed E-state index contributed by atoms with van der Waals surface area (Å²) in [6.07, 6.45) is 9.23. The Morgan fingerprint density at radius 1 is 0.703 bits per heavy atom. The van der Waals surface area contributed by atoms with Crippen LogP contribution in [0, 0.1) is 0 Å². The summed E-state index contributed by atoms with van der Waals surface area (Å²) in [7, 11) is 0. The summed E-state index contributed by atoms with van der Waals surface area (Å²) >= 11 is -4.31. The molecule has 6 rings (SSSR count). The van der Waals surface area contributed by atoms with Gasteiger partial charge in [0.25, 0.3) is 0 Å². The topological polar surface area (TPSA) is 0 Å². The van der Waals surface area contributed by atoms with E-state index in [0.717, 1.165) is 12.8 Å². The molecule has 0 aromatic heterocycles. The zero-order valence-corrected chi connectivity index (χ0v) is 27.0. The minimum atomic E-state index is -4.31. The number of fused-ring (bicyclic) bond motifs is 3. The van der Waals surface area contributed by atoms with E-state index in [4.69, 9.17) is 0 Å². The third kappa shape index (κ3) is 4.04. The first-order chi connectivity index (χ1) is 17.0. The van der Waals surface area contributed by atoms with Gasteiger partial charge in [0.1, 0.15) is 0 Å². The largest absolute Gasteiger partial charge is 0.147 e. The Morgan fingerprint density at radius 3 is 1.86 bits per heavy atom. The van der Waals surface area contributed by atoms with Crippen molar-refractivity contribution >= 4 is 41.5 Å². The van der Waals surface area contributed by atoms with Gasteiger partial charge in [-0.15, -0.1) is 24.8 Å². The maximum Gasteiger partial charge on any atom is -0.147 e. The first kappa shape index (κ1) is 28.1. The fraction of sp³-hybridized carbons (Fsp3) is 0.152. The summed E-state index contributed by atoms with van der Waals surface area (Å²) in [4.78, 5) is 0. The van der Waals surface area contributed by atoms with E-state index in [2.05, 4.69) is 136 Å². The van der Waals surface area contributed by atoms with Crippen molar-refractivity contribution in [2.24, 2.45) is 0 Å². The molecule has 0 aliphatic heterocycles. The number of allylic oxidation sites excluding steroid dienone is 4. The Bertz CT molecular complexity index is 1520. The molecule has 0 spiro atoms. The van der Waals surface area contributed by atoms with Crippen molar-refractivity contribution in [1.82, 2.24) is 0 Å². The second kappa shape index (κ2) is 10.7. The zero-order valence-electron chi connectivity index (χ0n) is 21.5. The van der Waals surface area contributed by atoms with E-state index < -0.39 is 17.4 Å². The van der Waals surface area contributed by atoms with E-state index in [1.54, 1.807) is 18.7 Å². The van der Waals surface area contributed by atoms with Gasteiger partial charge < -0.3 is 0 Å². The summed E-state index contributed by atoms with van der Waals surface area (Å²) < 4.78 is 6.47. The minimum absolute atomic E-state index is 0. The van der Waals surface area contributed by atoms with Crippen molar-refractivity contribution in [3.8, 4) is 11.1 Å². The summed E-state index contributed by atoms with van der Waals surface area (Å²) in [5.74, 6) is 0.457. The van der Waals surface area contributed by atoms with Crippen molar-refractivity contribution < 1.29 is 17.4 Å². The summed E-state index contributed by atoms with van der Waals surface area (Å²) in [5.41, 5.74) is 7.46. The van der Waals surface area contributed by atoms with Crippen LogP contribution in [0.5, 0.6) is 0 Å². The molecule has 4 aromatic carbocycles. The molecule has 0 saturated heterocycles. The van der Waals surface area contributed by atoms with Crippen LogP contribution in [0.4, 0.5) is 0 Å². The van der Waals surface area contributed by atoms with Gasteiger partial charge in [0.15, 0.2) is 0 Å². The molecule has 0 heterocycles. The molecule has 2 aliphatic rings. The van der Waals surface area contributed by atoms with E-state index >= 15 is 0 Å². The molecule has 0 saturated carbocycles. The van der Waals surface area contributed by atoms with Crippen LogP contribution in [0.25, 0.3) is 11.1 Å². The van der Waals surface area contributed by atoms with Crippen LogP contribution in [-0.4, -0.2) is 6.88 Å². The van der Waals surface area contributed by atoms with Gasteiger partial charge >= 0.3 is 213 Å². The fourth-order valence-electron chi connectivity index (χ4n) is 6.82. The van der Waals surface area contributed by atoms with Crippen LogP contribution in [0.3, 0.4) is 0 Å². The van der Waals surface area contributed by atoms with Gasteiger partial charge in [-0.1, -0.05) is 0 Å². The Balaban J connectivity index is 0.00000160. The standard InChI is InChI=1S/C16H15.2C6H5.C5H5.2ClH.H2Si.Zr/c1-11(2)12-7-8-16-14(9-12)10-13-5-3-4-6-15(13)16;2*1-2-4-6-5-3-1;1-2-4-5-3-1;;;;/h3-8,11H,10H2,1-2H3;2*1-5H;1-3H,4H2;2*1H;1H2;. The molecule has 2 aliphatic carbocycles. The zero-order chi connectivity index (χ0) is 24.1. The van der Waals surface area contributed by atoms with Crippen molar-refractivity contribution in [3.63, 3.8) is 0 Å². The van der Waals surface area contributed by atoms with Crippen LogP contribution in [0.1, 0.15) is 42.9 Å². The second-order valence-corrected chi connectivity index (χ2v) is 31.7. The monoisotopic (exact) mass is 618 g/mol. The molecule has 0 atom stereocenters. The number of rotatable bonds is 5. The molecular weight excluding hydrogens is 587 g/mol. The molecule has 0 nitrogen and oxygen atoms in total. The molecule has 0 bridgehead atoms. The Morgan fingerprint density at radius 2 is 1.30 bits per heavy atom. The second-order valence-electron chi connectivity index (χ2n) is 10.6. The van der Waals surface area contributed by atoms with Gasteiger partial charge in [-0.2, -0.15) is 0 Å². The number of halogens is 2. The first-order valence-corrected chi connectivity index (χ1v) is 23.6. The number of benzene rings is 4. The van der Waals surface area contributed by atoms with Crippen molar-refractivity contribution in [3.05, 3.63) is 135 Å². The van der Waals surface area contributed by atoms with Crippen molar-refractivity contribution in [2.75, 3.05) is 0 Å². The fourth-order valence-corrected chi connectivity index (χ4v) is 30.2. The molecule has 0 fully saturated rings. The van der Waals surface area contributed by atoms with Gasteiger partial charge in [0.2, 0.25) is 0 Å². The third-order valence-corrected chi connectivity index (χ3v) is 34.6. The van der Waals surface area contributed by atoms with Crippen molar-refractivity contribution in [1.29, 1.82) is 0 Å². The molecule has 0 amide bonds. The predicted molar refractivity (Wildman–Crippen MR) is 165 cm³/mol. The van der Waals surface area contributed by atoms with Crippen molar-refractivity contribution in [2.45, 2.75) is 32.6 Å². The third-order valence-electron chi connectivity index (χ3n) is 8.50. The quantitative estimate of drug-likeness (QED) is 0.195. The molecule has 188 valence electrons. The van der Waals surface area contributed by atoms with Gasteiger partial charge in [0, 0.05) is 0 Å². The molecule has 0 N–H and O–H groups in total. The molecule has 4 aromatic rings. The summed E-state index contributed by atoms with van der Waals surface area (Å²) in [5, 5.41) is 0. The van der Waals surface area contributed by atoms with Gasteiger partial charge in [-0.25, -0.2) is 0 Å². The maximum absolute atomic E-state index is 4.31. The van der Waals surface area contributed by atoms with E-state index in [-0.39, 0.29) is 24.8 Å². The number of hydrogen-bond acceptors (Lipinski definition) is 0. The van der Waals surface area contributed by atoms with Gasteiger partial charge in [0.05, 0.1) is 0 Å². The van der Waals surface area contributed by atoms with Crippen LogP contribution in [-0.2, 0) is 23.8 Å². The Kier molecular flexibility index (Phi) is 8.08. The van der Waals surface area contributed by atoms with E-state index in [1.165, 1.54) is 22.3 Å². The van der Waals surface area contributed by atoms with E-state index in [1.807, 2.05) is 0 Å². The average Bonchev–Trinajstić information content (AvgIpc) is 3.58. The molecular formula is C33H34Cl2SiZr. The molecule has 37 heavy (non-hydrogen) atoms. The van der Waals surface area contributed by atoms with E-state index in [9.17, 15) is 0 Å². The summed E-state index contributed by atoms with van der Waals surface area (Å²) in [6, 6.07) is 37.1. The number of hydrogen-bond donors (Lipinski definition) is 0. The van der Waals surface area contributed by atoms with Crippen LogP contribution < -0.4 is 9.81 Å². The predicted octanol–water partition coefficient (Wildman–Crippen LogP) is 6.58. The first-order valence-electron chi connectivity index (χ1n) is 12.8. The molecule has 0 radical (unpaired) electrons. The van der Waals surface area contributed by atoms with Gasteiger partial charge in [-0.3, -0.25) is 0 Å². The summed E-state index contributed by atoms with van der Waals surface area (Å²) in [6.45, 7) is 7.16. The molecule has 4 heteroatoms. The van der Waals surface area contributed by atoms with E-state index in [0.29, 0.717) is 5.92 Å². The van der Waals surface area contributed by atoms with Crippen LogP contribution in [0.2, 0.25) is 0 Å². The average molecular weight is 621 g/mol. The molecule has 0 unspecified atom stereocenters. The SMILES string of the molecule is CC(C)c1ccc2c([c]1[Zr](=[SiH2])([C]1=CC=CC1)([c]1ccccc1)[c]1ccccc1)Cc1ccccc1-2.Cl.Cl.